The number of phenolic OH excluding ortho intramolecular Hbond substituents is 1. The van der Waals surface area contributed by atoms with E-state index in [0.717, 1.165) is 31.5 Å². The normalized spacial score (nSPS) is 38.2. The van der Waals surface area contributed by atoms with Crippen LogP contribution in [0.15, 0.2) is 24.8 Å². The first-order valence-corrected chi connectivity index (χ1v) is 9.04. The molecule has 0 amide bonds. The van der Waals surface area contributed by atoms with E-state index in [1.54, 1.807) is 13.2 Å². The Kier molecular flexibility index (Phi) is 3.00. The van der Waals surface area contributed by atoms with E-state index in [1.807, 2.05) is 12.1 Å². The average molecular weight is 341 g/mol. The van der Waals surface area contributed by atoms with E-state index in [-0.39, 0.29) is 17.6 Å². The van der Waals surface area contributed by atoms with Gasteiger partial charge in [-0.15, -0.1) is 6.58 Å². The molecule has 2 heterocycles. The lowest BCUT2D eigenvalue weighted by atomic mass is 9.49. The average Bonchev–Trinajstić information content (AvgIpc) is 2.97. The molecular formula is C20H23NO4. The van der Waals surface area contributed by atoms with Gasteiger partial charge in [0.05, 0.1) is 11.0 Å². The van der Waals surface area contributed by atoms with Crippen LogP contribution in [0.5, 0.6) is 11.5 Å². The highest BCUT2D eigenvalue weighted by Crippen LogP contribution is 2.65. The molecule has 5 heteroatoms. The maximum atomic E-state index is 12.8. The second kappa shape index (κ2) is 4.86. The molecule has 1 saturated carbocycles. The lowest BCUT2D eigenvalue weighted by Gasteiger charge is -2.64. The number of phenols is 1. The molecule has 132 valence electrons. The Balaban J connectivity index is 1.81. The first-order chi connectivity index (χ1) is 12.1. The van der Waals surface area contributed by atoms with Crippen LogP contribution in [-0.2, 0) is 21.4 Å². The Morgan fingerprint density at radius 1 is 1.48 bits per heavy atom. The number of aromatic hydroxyl groups is 1. The predicted octanol–water partition coefficient (Wildman–Crippen LogP) is 1.96. The summed E-state index contributed by atoms with van der Waals surface area (Å²) in [6.45, 7) is 5.60. The summed E-state index contributed by atoms with van der Waals surface area (Å²) in [4.78, 5) is 15.2. The zero-order chi connectivity index (χ0) is 17.4. The highest BCUT2D eigenvalue weighted by atomic mass is 16.5. The Morgan fingerprint density at radius 2 is 2.32 bits per heavy atom. The second-order valence-electron chi connectivity index (χ2n) is 7.73. The van der Waals surface area contributed by atoms with Gasteiger partial charge in [-0.1, -0.05) is 12.1 Å². The van der Waals surface area contributed by atoms with Crippen LogP contribution in [0.25, 0.3) is 0 Å². The van der Waals surface area contributed by atoms with Gasteiger partial charge in [0.25, 0.3) is 0 Å². The number of hydrogen-bond acceptors (Lipinski definition) is 5. The molecule has 5 rings (SSSR count). The van der Waals surface area contributed by atoms with E-state index >= 15 is 0 Å². The third kappa shape index (κ3) is 1.55. The zero-order valence-electron chi connectivity index (χ0n) is 14.5. The SMILES string of the molecule is C=CCN1CC[C@]23c4c5ccc(O)c4O[C@H]2C(=O)CC[C@@]3(OC)[C@H]1C5. The fourth-order valence-corrected chi connectivity index (χ4v) is 6.19. The minimum absolute atomic E-state index is 0.132. The lowest BCUT2D eigenvalue weighted by Crippen LogP contribution is -2.77. The molecule has 1 N–H and O–H groups in total. The number of benzene rings is 1. The number of carbonyl (C=O) groups excluding carboxylic acids is 1. The summed E-state index contributed by atoms with van der Waals surface area (Å²) in [7, 11) is 1.77. The number of nitrogens with zero attached hydrogens (tertiary/aromatic N) is 1. The standard InChI is InChI=1S/C20H23NO4/c1-3-9-21-10-8-19-16-12-4-5-13(22)17(16)25-18(19)14(23)6-7-20(19,24-2)15(21)11-12/h3-5,15,18,22H,1,6-11H2,2H3/t15-,18+,19+,20-/m1/s1. The van der Waals surface area contributed by atoms with Crippen molar-refractivity contribution in [3.63, 3.8) is 0 Å². The minimum Gasteiger partial charge on any atom is -0.504 e. The fraction of sp³-hybridized carbons (Fsp3) is 0.550. The molecule has 1 spiro atoms. The molecule has 2 fully saturated rings. The number of methoxy groups -OCH3 is 1. The Bertz CT molecular complexity index is 790. The maximum Gasteiger partial charge on any atom is 0.174 e. The van der Waals surface area contributed by atoms with Gasteiger partial charge in [0.15, 0.2) is 23.4 Å². The number of carbonyl (C=O) groups is 1. The van der Waals surface area contributed by atoms with E-state index in [4.69, 9.17) is 9.47 Å². The van der Waals surface area contributed by atoms with Gasteiger partial charge in [0, 0.05) is 38.2 Å². The predicted molar refractivity (Wildman–Crippen MR) is 92.1 cm³/mol. The second-order valence-corrected chi connectivity index (χ2v) is 7.73. The van der Waals surface area contributed by atoms with E-state index in [1.165, 1.54) is 5.56 Å². The summed E-state index contributed by atoms with van der Waals surface area (Å²) >= 11 is 0. The summed E-state index contributed by atoms with van der Waals surface area (Å²) in [5, 5.41) is 10.4. The molecule has 2 aliphatic heterocycles. The highest BCUT2D eigenvalue weighted by molar-refractivity contribution is 5.90. The van der Waals surface area contributed by atoms with E-state index in [2.05, 4.69) is 11.5 Å². The van der Waals surface area contributed by atoms with Gasteiger partial charge in [0.2, 0.25) is 0 Å². The molecule has 1 saturated heterocycles. The third-order valence-electron chi connectivity index (χ3n) is 7.06. The van der Waals surface area contributed by atoms with Crippen molar-refractivity contribution in [1.29, 1.82) is 0 Å². The first-order valence-electron chi connectivity index (χ1n) is 9.04. The molecule has 0 unspecified atom stereocenters. The number of ketones is 1. The molecule has 2 aliphatic carbocycles. The molecule has 0 aromatic heterocycles. The van der Waals surface area contributed by atoms with Crippen molar-refractivity contribution in [3.05, 3.63) is 35.9 Å². The van der Waals surface area contributed by atoms with Crippen LogP contribution < -0.4 is 4.74 Å². The molecule has 4 atom stereocenters. The molecule has 5 nitrogen and oxygen atoms in total. The van der Waals surface area contributed by atoms with E-state index < -0.39 is 17.1 Å². The zero-order valence-corrected chi connectivity index (χ0v) is 14.5. The van der Waals surface area contributed by atoms with Gasteiger partial charge in [-0.3, -0.25) is 9.69 Å². The van der Waals surface area contributed by atoms with Crippen molar-refractivity contribution in [2.24, 2.45) is 0 Å². The summed E-state index contributed by atoms with van der Waals surface area (Å²) in [6, 6.07) is 3.87. The number of likely N-dealkylation sites (tertiary alicyclic amines) is 1. The van der Waals surface area contributed by atoms with Crippen LogP contribution in [-0.4, -0.2) is 53.7 Å². The van der Waals surface area contributed by atoms with Gasteiger partial charge in [0.1, 0.15) is 0 Å². The molecule has 1 aromatic rings. The van der Waals surface area contributed by atoms with Crippen molar-refractivity contribution in [1.82, 2.24) is 4.90 Å². The molecular weight excluding hydrogens is 318 g/mol. The van der Waals surface area contributed by atoms with Crippen molar-refractivity contribution in [2.45, 2.75) is 48.8 Å². The fourth-order valence-electron chi connectivity index (χ4n) is 6.19. The largest absolute Gasteiger partial charge is 0.504 e. The topological polar surface area (TPSA) is 59.0 Å². The smallest absolute Gasteiger partial charge is 0.174 e. The number of hydrogen-bond donors (Lipinski definition) is 1. The summed E-state index contributed by atoms with van der Waals surface area (Å²) in [5.74, 6) is 0.772. The van der Waals surface area contributed by atoms with Gasteiger partial charge in [-0.05, 0) is 30.9 Å². The van der Waals surface area contributed by atoms with Crippen molar-refractivity contribution in [3.8, 4) is 11.5 Å². The van der Waals surface area contributed by atoms with Crippen molar-refractivity contribution >= 4 is 5.78 Å². The summed E-state index contributed by atoms with van der Waals surface area (Å²) < 4.78 is 12.4. The molecule has 2 bridgehead atoms. The molecule has 25 heavy (non-hydrogen) atoms. The minimum atomic E-state index is -0.545. The Labute approximate surface area is 147 Å². The Morgan fingerprint density at radius 3 is 3.08 bits per heavy atom. The van der Waals surface area contributed by atoms with Crippen LogP contribution >= 0.6 is 0 Å². The third-order valence-corrected chi connectivity index (χ3v) is 7.06. The maximum absolute atomic E-state index is 12.8. The van der Waals surface area contributed by atoms with Crippen molar-refractivity contribution < 1.29 is 19.4 Å². The van der Waals surface area contributed by atoms with E-state index in [9.17, 15) is 9.90 Å². The Hall–Kier alpha value is -1.85. The van der Waals surface area contributed by atoms with Crippen molar-refractivity contribution in [2.75, 3.05) is 20.2 Å². The first kappa shape index (κ1) is 15.4. The number of ether oxygens (including phenoxy) is 2. The van der Waals surface area contributed by atoms with Crippen LogP contribution in [0.4, 0.5) is 0 Å². The molecule has 1 aromatic carbocycles. The van der Waals surface area contributed by atoms with Crippen LogP contribution in [0.3, 0.4) is 0 Å². The van der Waals surface area contributed by atoms with Crippen LogP contribution in [0, 0.1) is 0 Å². The van der Waals surface area contributed by atoms with Gasteiger partial charge in [-0.25, -0.2) is 0 Å². The monoisotopic (exact) mass is 341 g/mol. The lowest BCUT2D eigenvalue weighted by molar-refractivity contribution is -0.200. The van der Waals surface area contributed by atoms with E-state index in [0.29, 0.717) is 18.6 Å². The van der Waals surface area contributed by atoms with Crippen LogP contribution in [0.2, 0.25) is 0 Å². The van der Waals surface area contributed by atoms with Crippen LogP contribution in [0.1, 0.15) is 30.4 Å². The van der Waals surface area contributed by atoms with Gasteiger partial charge >= 0.3 is 0 Å². The number of Topliss-reactive ketones (excluding diaryl/α,β-unsaturated/α-hetero) is 1. The summed E-state index contributed by atoms with van der Waals surface area (Å²) in [5.41, 5.74) is 1.26. The summed E-state index contributed by atoms with van der Waals surface area (Å²) in [6.07, 6.45) is 4.20. The quantitative estimate of drug-likeness (QED) is 0.852. The molecule has 4 aliphatic rings. The van der Waals surface area contributed by atoms with Gasteiger partial charge in [-0.2, -0.15) is 0 Å². The van der Waals surface area contributed by atoms with Gasteiger partial charge < -0.3 is 14.6 Å². The molecule has 0 radical (unpaired) electrons. The number of rotatable bonds is 3. The number of piperidine rings is 1. The highest BCUT2D eigenvalue weighted by Gasteiger charge is 2.73.